The predicted molar refractivity (Wildman–Crippen MR) is 139 cm³/mol. The van der Waals surface area contributed by atoms with E-state index in [-0.39, 0.29) is 11.8 Å². The van der Waals surface area contributed by atoms with Crippen molar-refractivity contribution in [3.63, 3.8) is 0 Å². The SMILES string of the molecule is O=S(=O)(CCn1ccnc1)N1Cc2cc(Br)ccc2N(Cc2cnc[nH]2)C[C@H]1Cc1ccccc1. The van der Waals surface area contributed by atoms with Crippen molar-refractivity contribution in [3.8, 4) is 0 Å². The van der Waals surface area contributed by atoms with Crippen molar-refractivity contribution in [1.82, 2.24) is 23.8 Å². The summed E-state index contributed by atoms with van der Waals surface area (Å²) in [7, 11) is -3.57. The van der Waals surface area contributed by atoms with Crippen molar-refractivity contribution in [2.45, 2.75) is 32.1 Å². The molecule has 3 heterocycles. The maximum absolute atomic E-state index is 13.8. The van der Waals surface area contributed by atoms with Gasteiger partial charge in [-0.05, 0) is 35.7 Å². The van der Waals surface area contributed by atoms with Crippen LogP contribution in [-0.4, -0.2) is 50.6 Å². The highest BCUT2D eigenvalue weighted by Crippen LogP contribution is 2.33. The lowest BCUT2D eigenvalue weighted by atomic mass is 10.1. The highest BCUT2D eigenvalue weighted by atomic mass is 79.9. The second-order valence-corrected chi connectivity index (χ2v) is 11.7. The van der Waals surface area contributed by atoms with Gasteiger partial charge in [0.2, 0.25) is 10.0 Å². The molecule has 1 aliphatic rings. The van der Waals surface area contributed by atoms with Crippen LogP contribution in [-0.2, 0) is 36.1 Å². The number of nitrogens with one attached hydrogen (secondary N) is 1. The molecule has 0 spiro atoms. The number of H-pyrrole nitrogens is 1. The first kappa shape index (κ1) is 23.8. The summed E-state index contributed by atoms with van der Waals surface area (Å²) >= 11 is 3.58. The standard InChI is InChI=1S/C25H27BrN6O2S/c26-22-6-7-25-21(13-22)15-32(35(33,34)11-10-30-9-8-27-19-30)24(12-20-4-2-1-3-5-20)17-31(25)16-23-14-28-18-29-23/h1-9,13-14,18-19,24H,10-12,15-17H2,(H,28,29)/t24-/m1/s1. The van der Waals surface area contributed by atoms with Gasteiger partial charge in [0, 0.05) is 54.4 Å². The Balaban J connectivity index is 1.52. The van der Waals surface area contributed by atoms with Gasteiger partial charge in [0.05, 0.1) is 30.6 Å². The van der Waals surface area contributed by atoms with Crippen LogP contribution in [0.5, 0.6) is 0 Å². The number of hydrogen-bond acceptors (Lipinski definition) is 5. The van der Waals surface area contributed by atoms with Gasteiger partial charge < -0.3 is 14.5 Å². The van der Waals surface area contributed by atoms with Crippen LogP contribution >= 0.6 is 15.9 Å². The quantitative estimate of drug-likeness (QED) is 0.357. The van der Waals surface area contributed by atoms with E-state index in [1.54, 1.807) is 33.9 Å². The molecule has 10 heteroatoms. The summed E-state index contributed by atoms with van der Waals surface area (Å²) in [6, 6.07) is 16.0. The van der Waals surface area contributed by atoms with E-state index in [0.717, 1.165) is 27.0 Å². The number of aryl methyl sites for hydroxylation is 1. The van der Waals surface area contributed by atoms with Crippen molar-refractivity contribution in [2.75, 3.05) is 17.2 Å². The van der Waals surface area contributed by atoms with Gasteiger partial charge in [0.15, 0.2) is 0 Å². The molecule has 1 aliphatic heterocycles. The molecular formula is C25H27BrN6O2S. The zero-order valence-corrected chi connectivity index (χ0v) is 21.6. The fourth-order valence-electron chi connectivity index (χ4n) is 4.59. The van der Waals surface area contributed by atoms with Gasteiger partial charge in [0.1, 0.15) is 0 Å². The molecule has 2 aromatic carbocycles. The number of aromatic nitrogens is 4. The Morgan fingerprint density at radius 3 is 2.71 bits per heavy atom. The number of rotatable bonds is 8. The van der Waals surface area contributed by atoms with Crippen molar-refractivity contribution in [3.05, 3.63) is 101 Å². The van der Waals surface area contributed by atoms with E-state index in [2.05, 4.69) is 54.0 Å². The summed E-state index contributed by atoms with van der Waals surface area (Å²) in [6.45, 7) is 1.85. The van der Waals surface area contributed by atoms with Crippen LogP contribution in [0.25, 0.3) is 0 Å². The minimum atomic E-state index is -3.57. The van der Waals surface area contributed by atoms with Crippen molar-refractivity contribution >= 4 is 31.6 Å². The molecule has 35 heavy (non-hydrogen) atoms. The summed E-state index contributed by atoms with van der Waals surface area (Å²) in [5.41, 5.74) is 4.10. The molecule has 1 N–H and O–H groups in total. The Hall–Kier alpha value is -2.95. The minimum absolute atomic E-state index is 0.0124. The summed E-state index contributed by atoms with van der Waals surface area (Å²) in [5, 5.41) is 0. The first-order valence-corrected chi connectivity index (χ1v) is 13.9. The first-order valence-electron chi connectivity index (χ1n) is 11.5. The minimum Gasteiger partial charge on any atom is -0.364 e. The molecule has 0 saturated heterocycles. The van der Waals surface area contributed by atoms with Gasteiger partial charge in [-0.15, -0.1) is 0 Å². The Bertz CT molecular complexity index is 1340. The molecule has 0 unspecified atom stereocenters. The number of fused-ring (bicyclic) bond motifs is 1. The van der Waals surface area contributed by atoms with Crippen LogP contribution in [0.4, 0.5) is 5.69 Å². The van der Waals surface area contributed by atoms with Gasteiger partial charge >= 0.3 is 0 Å². The number of imidazole rings is 2. The van der Waals surface area contributed by atoms with E-state index >= 15 is 0 Å². The number of anilines is 1. The van der Waals surface area contributed by atoms with Crippen molar-refractivity contribution in [1.29, 1.82) is 0 Å². The van der Waals surface area contributed by atoms with Gasteiger partial charge in [-0.1, -0.05) is 46.3 Å². The van der Waals surface area contributed by atoms with Gasteiger partial charge in [-0.25, -0.2) is 18.4 Å². The van der Waals surface area contributed by atoms with E-state index in [1.807, 2.05) is 36.5 Å². The first-order chi connectivity index (χ1) is 17.0. The molecule has 0 aliphatic carbocycles. The van der Waals surface area contributed by atoms with Crippen LogP contribution in [0.3, 0.4) is 0 Å². The molecule has 5 rings (SSSR count). The second kappa shape index (κ2) is 10.3. The lowest BCUT2D eigenvalue weighted by molar-refractivity contribution is 0.317. The van der Waals surface area contributed by atoms with E-state index in [9.17, 15) is 8.42 Å². The predicted octanol–water partition coefficient (Wildman–Crippen LogP) is 3.83. The number of sulfonamides is 1. The highest BCUT2D eigenvalue weighted by molar-refractivity contribution is 9.10. The monoisotopic (exact) mass is 554 g/mol. The third kappa shape index (κ3) is 5.66. The van der Waals surface area contributed by atoms with Gasteiger partial charge in [0.25, 0.3) is 0 Å². The molecule has 0 saturated carbocycles. The molecule has 1 atom stereocenters. The lowest BCUT2D eigenvalue weighted by Gasteiger charge is -2.32. The average Bonchev–Trinajstić information content (AvgIpc) is 3.53. The zero-order valence-electron chi connectivity index (χ0n) is 19.2. The molecule has 0 fully saturated rings. The third-order valence-electron chi connectivity index (χ3n) is 6.30. The number of hydrogen-bond donors (Lipinski definition) is 1. The van der Waals surface area contributed by atoms with E-state index in [0.29, 0.717) is 32.6 Å². The van der Waals surface area contributed by atoms with Gasteiger partial charge in [-0.3, -0.25) is 0 Å². The van der Waals surface area contributed by atoms with Crippen molar-refractivity contribution < 1.29 is 8.42 Å². The molecule has 0 bridgehead atoms. The molecule has 0 amide bonds. The number of halogens is 1. The molecule has 2 aromatic heterocycles. The van der Waals surface area contributed by atoms with Crippen LogP contribution in [0.15, 0.2) is 84.2 Å². The Morgan fingerprint density at radius 1 is 1.11 bits per heavy atom. The Labute approximate surface area is 213 Å². The summed E-state index contributed by atoms with van der Waals surface area (Å²) < 4.78 is 32.0. The van der Waals surface area contributed by atoms with Crippen LogP contribution in [0.1, 0.15) is 16.8 Å². The fourth-order valence-corrected chi connectivity index (χ4v) is 6.61. The van der Waals surface area contributed by atoms with Crippen LogP contribution < -0.4 is 4.90 Å². The van der Waals surface area contributed by atoms with Crippen LogP contribution in [0.2, 0.25) is 0 Å². The number of nitrogens with zero attached hydrogens (tertiary/aromatic N) is 5. The molecule has 182 valence electrons. The lowest BCUT2D eigenvalue weighted by Crippen LogP contribution is -2.46. The van der Waals surface area contributed by atoms with Crippen molar-refractivity contribution in [2.24, 2.45) is 0 Å². The fraction of sp³-hybridized carbons (Fsp3) is 0.280. The normalized spacial score (nSPS) is 16.7. The average molecular weight is 556 g/mol. The molecular weight excluding hydrogens is 528 g/mol. The Kier molecular flexibility index (Phi) is 7.03. The summed E-state index contributed by atoms with van der Waals surface area (Å²) in [4.78, 5) is 13.7. The molecule has 8 nitrogen and oxygen atoms in total. The highest BCUT2D eigenvalue weighted by Gasteiger charge is 2.35. The maximum atomic E-state index is 13.8. The van der Waals surface area contributed by atoms with E-state index in [1.165, 1.54) is 0 Å². The van der Waals surface area contributed by atoms with E-state index < -0.39 is 10.0 Å². The Morgan fingerprint density at radius 2 is 1.97 bits per heavy atom. The zero-order chi connectivity index (χ0) is 24.3. The number of aromatic amines is 1. The smallest absolute Gasteiger partial charge is 0.216 e. The maximum Gasteiger partial charge on any atom is 0.216 e. The van der Waals surface area contributed by atoms with E-state index in [4.69, 9.17) is 0 Å². The molecule has 4 aromatic rings. The second-order valence-electron chi connectivity index (χ2n) is 8.74. The topological polar surface area (TPSA) is 87.1 Å². The third-order valence-corrected chi connectivity index (χ3v) is 8.63. The summed E-state index contributed by atoms with van der Waals surface area (Å²) in [5.74, 6) is 0.0124. The number of benzene rings is 2. The van der Waals surface area contributed by atoms with Gasteiger partial charge in [-0.2, -0.15) is 4.31 Å². The molecule has 0 radical (unpaired) electrons. The van der Waals surface area contributed by atoms with Crippen LogP contribution in [0, 0.1) is 0 Å². The largest absolute Gasteiger partial charge is 0.364 e. The summed E-state index contributed by atoms with van der Waals surface area (Å²) in [6.07, 6.45) is 9.22.